The number of amides is 5. The molecule has 1 atom stereocenters. The number of ether oxygens (including phenoxy) is 1. The van der Waals surface area contributed by atoms with Gasteiger partial charge in [0.1, 0.15) is 22.6 Å². The lowest BCUT2D eigenvalue weighted by atomic mass is 10.0. The van der Waals surface area contributed by atoms with Crippen molar-refractivity contribution < 1.29 is 23.9 Å². The lowest BCUT2D eigenvalue weighted by Crippen LogP contribution is -2.52. The number of carbonyl (C=O) groups excluding carboxylic acids is 4. The highest BCUT2D eigenvalue weighted by Gasteiger charge is 2.40. The normalized spacial score (nSPS) is 17.4. The molecule has 0 bridgehead atoms. The number of piperidine rings is 1. The molecular weight excluding hydrogens is 508 g/mol. The van der Waals surface area contributed by atoms with Crippen LogP contribution in [-0.2, 0) is 28.1 Å². The van der Waals surface area contributed by atoms with Gasteiger partial charge in [-0.3, -0.25) is 25.0 Å². The smallest absolute Gasteiger partial charge is 0.321 e. The van der Waals surface area contributed by atoms with Crippen molar-refractivity contribution in [1.29, 1.82) is 0 Å². The second-order valence-corrected chi connectivity index (χ2v) is 10.8. The van der Waals surface area contributed by atoms with E-state index in [1.807, 2.05) is 26.0 Å². The zero-order valence-corrected chi connectivity index (χ0v) is 22.3. The van der Waals surface area contributed by atoms with Crippen LogP contribution in [0.2, 0.25) is 0 Å². The van der Waals surface area contributed by atoms with Crippen molar-refractivity contribution in [3.63, 3.8) is 0 Å². The number of imide groups is 1. The van der Waals surface area contributed by atoms with E-state index < -0.39 is 23.5 Å². The van der Waals surface area contributed by atoms with Crippen molar-refractivity contribution in [2.75, 3.05) is 12.4 Å². The molecule has 4 heterocycles. The molecule has 11 nitrogen and oxygen atoms in total. The molecule has 0 saturated carbocycles. The maximum absolute atomic E-state index is 12.9. The maximum Gasteiger partial charge on any atom is 0.321 e. The van der Waals surface area contributed by atoms with E-state index in [4.69, 9.17) is 9.72 Å². The molecule has 38 heavy (non-hydrogen) atoms. The van der Waals surface area contributed by atoms with Crippen molar-refractivity contribution in [3.8, 4) is 5.75 Å². The van der Waals surface area contributed by atoms with Crippen LogP contribution in [0.5, 0.6) is 5.75 Å². The average Bonchev–Trinajstić information content (AvgIpc) is 3.45. The number of thiazole rings is 1. The largest absolute Gasteiger partial charge is 0.497 e. The Bertz CT molecular complexity index is 1480. The molecule has 0 aliphatic carbocycles. The number of urea groups is 1. The predicted octanol–water partition coefficient (Wildman–Crippen LogP) is 3.08. The van der Waals surface area contributed by atoms with Crippen LogP contribution in [0.1, 0.15) is 60.2 Å². The monoisotopic (exact) mass is 536 g/mol. The van der Waals surface area contributed by atoms with Gasteiger partial charge in [-0.2, -0.15) is 0 Å². The lowest BCUT2D eigenvalue weighted by molar-refractivity contribution is -0.136. The van der Waals surface area contributed by atoms with Gasteiger partial charge in [-0.05, 0) is 56.5 Å². The van der Waals surface area contributed by atoms with E-state index in [0.29, 0.717) is 11.3 Å². The molecule has 0 spiro atoms. The van der Waals surface area contributed by atoms with Crippen LogP contribution in [0, 0.1) is 0 Å². The zero-order chi connectivity index (χ0) is 27.2. The molecule has 12 heteroatoms. The number of hydrogen-bond donors (Lipinski definition) is 3. The summed E-state index contributed by atoms with van der Waals surface area (Å²) in [6.45, 7) is 5.93. The van der Waals surface area contributed by atoms with E-state index in [9.17, 15) is 19.2 Å². The number of pyridine rings is 1. The number of anilines is 1. The van der Waals surface area contributed by atoms with Crippen molar-refractivity contribution in [1.82, 2.24) is 25.5 Å². The summed E-state index contributed by atoms with van der Waals surface area (Å²) >= 11 is 1.50. The molecule has 1 unspecified atom stereocenters. The molecule has 1 saturated heterocycles. The maximum atomic E-state index is 12.9. The minimum absolute atomic E-state index is 0.123. The van der Waals surface area contributed by atoms with E-state index in [1.54, 1.807) is 19.2 Å². The summed E-state index contributed by atoms with van der Waals surface area (Å²) in [5.74, 6) is -0.104. The van der Waals surface area contributed by atoms with Gasteiger partial charge in [0.05, 0.1) is 40.7 Å². The summed E-state index contributed by atoms with van der Waals surface area (Å²) in [5, 5.41) is 8.72. The molecule has 2 aromatic heterocycles. The van der Waals surface area contributed by atoms with Gasteiger partial charge >= 0.3 is 6.03 Å². The van der Waals surface area contributed by atoms with Gasteiger partial charge in [0.25, 0.3) is 5.91 Å². The van der Waals surface area contributed by atoms with Crippen LogP contribution in [-0.4, -0.2) is 51.8 Å². The first-order chi connectivity index (χ1) is 18.1. The highest BCUT2D eigenvalue weighted by atomic mass is 32.1. The molecule has 2 aliphatic heterocycles. The van der Waals surface area contributed by atoms with Crippen LogP contribution < -0.4 is 20.7 Å². The first kappa shape index (κ1) is 25.6. The van der Waals surface area contributed by atoms with Gasteiger partial charge in [0.2, 0.25) is 11.8 Å². The average molecular weight is 537 g/mol. The third kappa shape index (κ3) is 4.67. The van der Waals surface area contributed by atoms with Crippen molar-refractivity contribution in [3.05, 3.63) is 46.1 Å². The number of aromatic nitrogens is 2. The Hall–Kier alpha value is -4.06. The molecule has 3 N–H and O–H groups in total. The molecule has 3 aromatic rings. The second kappa shape index (κ2) is 9.67. The van der Waals surface area contributed by atoms with Crippen LogP contribution in [0.15, 0.2) is 24.3 Å². The number of nitrogens with one attached hydrogen (secondary N) is 3. The van der Waals surface area contributed by atoms with Crippen molar-refractivity contribution >= 4 is 51.1 Å². The minimum atomic E-state index is -0.777. The molecule has 198 valence electrons. The summed E-state index contributed by atoms with van der Waals surface area (Å²) in [7, 11) is 1.63. The zero-order valence-electron chi connectivity index (χ0n) is 21.5. The highest BCUT2D eigenvalue weighted by molar-refractivity contribution is 7.18. The summed E-state index contributed by atoms with van der Waals surface area (Å²) in [6.07, 6.45) is 1.25. The minimum Gasteiger partial charge on any atom is -0.497 e. The first-order valence-corrected chi connectivity index (χ1v) is 13.1. The fourth-order valence-corrected chi connectivity index (χ4v) is 5.82. The topological polar surface area (TPSA) is 143 Å². The van der Waals surface area contributed by atoms with E-state index >= 15 is 0 Å². The van der Waals surface area contributed by atoms with Gasteiger partial charge in [-0.25, -0.2) is 14.8 Å². The van der Waals surface area contributed by atoms with Crippen molar-refractivity contribution in [2.24, 2.45) is 0 Å². The second-order valence-electron chi connectivity index (χ2n) is 9.80. The number of nitrogens with zero attached hydrogens (tertiary/aromatic N) is 3. The van der Waals surface area contributed by atoms with E-state index in [1.165, 1.54) is 16.2 Å². The molecule has 1 fully saturated rings. The van der Waals surface area contributed by atoms with E-state index in [0.717, 1.165) is 33.0 Å². The van der Waals surface area contributed by atoms with Gasteiger partial charge in [-0.15, -0.1) is 11.3 Å². The van der Waals surface area contributed by atoms with Gasteiger partial charge in [0.15, 0.2) is 0 Å². The molecule has 1 aromatic carbocycles. The number of benzene rings is 1. The molecule has 5 rings (SSSR count). The summed E-state index contributed by atoms with van der Waals surface area (Å²) in [4.78, 5) is 60.2. The summed E-state index contributed by atoms with van der Waals surface area (Å²) < 4.78 is 6.40. The first-order valence-electron chi connectivity index (χ1n) is 12.3. The Kier molecular flexibility index (Phi) is 6.51. The van der Waals surface area contributed by atoms with Gasteiger partial charge in [0, 0.05) is 6.42 Å². The van der Waals surface area contributed by atoms with Gasteiger partial charge < -0.3 is 15.0 Å². The SMILES string of the molecule is CCc1cc(OC)cc2sc(C(C)(C)NC(=O)Nc3ccc4c(n3)CN(C3CCC(=O)NC3=O)C4=O)nc12. The molecular formula is C26H28N6O5S. The number of methoxy groups -OCH3 is 1. The number of aryl methyl sites for hydroxylation is 1. The van der Waals surface area contributed by atoms with Crippen LogP contribution in [0.3, 0.4) is 0 Å². The molecule has 5 amide bonds. The van der Waals surface area contributed by atoms with Crippen LogP contribution in [0.4, 0.5) is 10.6 Å². The summed E-state index contributed by atoms with van der Waals surface area (Å²) in [6, 6.07) is 5.86. The van der Waals surface area contributed by atoms with Crippen LogP contribution >= 0.6 is 11.3 Å². The summed E-state index contributed by atoms with van der Waals surface area (Å²) in [5.41, 5.74) is 2.03. The number of rotatable bonds is 6. The van der Waals surface area contributed by atoms with E-state index in [-0.39, 0.29) is 37.0 Å². The fraction of sp³-hybridized carbons (Fsp3) is 0.385. The van der Waals surface area contributed by atoms with Crippen molar-refractivity contribution in [2.45, 2.75) is 58.2 Å². The Morgan fingerprint density at radius 3 is 2.74 bits per heavy atom. The Labute approximate surface area is 223 Å². The number of fused-ring (bicyclic) bond motifs is 2. The van der Waals surface area contributed by atoms with E-state index in [2.05, 4.69) is 27.9 Å². The number of carbonyl (C=O) groups is 4. The Morgan fingerprint density at radius 1 is 1.24 bits per heavy atom. The third-order valence-corrected chi connectivity index (χ3v) is 8.06. The predicted molar refractivity (Wildman–Crippen MR) is 141 cm³/mol. The standard InChI is InChI=1S/C26H28N6O5S/c1-5-13-10-14(37-4)11-18-21(13)30-24(38-18)26(2,3)31-25(36)28-19-8-6-15-16(27-19)12-32(23(15)35)17-7-9-20(33)29-22(17)34/h6,8,10-11,17H,5,7,9,12H2,1-4H3,(H,29,33,34)(H2,27,28,31,36). The number of hydrogen-bond acceptors (Lipinski definition) is 8. The quantitative estimate of drug-likeness (QED) is 0.411. The fourth-order valence-electron chi connectivity index (χ4n) is 4.72. The Balaban J connectivity index is 1.29. The van der Waals surface area contributed by atoms with Crippen LogP contribution in [0.25, 0.3) is 10.2 Å². The highest BCUT2D eigenvalue weighted by Crippen LogP contribution is 2.35. The lowest BCUT2D eigenvalue weighted by Gasteiger charge is -2.29. The third-order valence-electron chi connectivity index (χ3n) is 6.74. The Morgan fingerprint density at radius 2 is 2.03 bits per heavy atom. The molecule has 0 radical (unpaired) electrons. The van der Waals surface area contributed by atoms with Gasteiger partial charge in [-0.1, -0.05) is 6.92 Å². The molecule has 2 aliphatic rings.